The maximum atomic E-state index is 13.5. The van der Waals surface area contributed by atoms with Crippen molar-refractivity contribution in [3.05, 3.63) is 57.7 Å². The fourth-order valence-electron chi connectivity index (χ4n) is 1.68. The first-order chi connectivity index (χ1) is 8.87. The van der Waals surface area contributed by atoms with Gasteiger partial charge in [-0.1, -0.05) is 6.08 Å². The molecular weight excluding hydrogens is 253 g/mol. The number of nitro groups is 1. The second-order valence-corrected chi connectivity index (χ2v) is 4.46. The average Bonchev–Trinajstić information content (AvgIpc) is 2.31. The van der Waals surface area contributed by atoms with Crippen LogP contribution in [0.2, 0.25) is 0 Å². The largest absolute Gasteiger partial charge is 0.619 e. The van der Waals surface area contributed by atoms with Crippen molar-refractivity contribution in [2.75, 3.05) is 5.32 Å². The van der Waals surface area contributed by atoms with Gasteiger partial charge in [0, 0.05) is 12.1 Å². The van der Waals surface area contributed by atoms with E-state index in [0.717, 1.165) is 18.5 Å². The maximum absolute atomic E-state index is 13.5. The molecule has 7 heteroatoms. The molecule has 1 aromatic heterocycles. The fraction of sp³-hybridized carbons (Fsp3) is 0.250. The number of pyridine rings is 1. The molecule has 0 saturated heterocycles. The van der Waals surface area contributed by atoms with Crippen molar-refractivity contribution in [2.24, 2.45) is 0 Å². The van der Waals surface area contributed by atoms with Crippen LogP contribution < -0.4 is 10.0 Å². The lowest BCUT2D eigenvalue weighted by Crippen LogP contribution is -2.25. The predicted octanol–water partition coefficient (Wildman–Crippen LogP) is 2.21. The molecule has 1 atom stereocenters. The standard InChI is InChI=1S/C12H12FN3O3/c1-12(13)5-2-9(3-6-12)14-10-8-15(17)7-4-11(10)16(18)19/h2-5,7-8,14H,6H2,1H3. The van der Waals surface area contributed by atoms with E-state index in [1.54, 1.807) is 6.08 Å². The molecule has 1 aliphatic rings. The molecule has 0 bridgehead atoms. The van der Waals surface area contributed by atoms with Crippen molar-refractivity contribution in [3.63, 3.8) is 0 Å². The maximum Gasteiger partial charge on any atom is 0.304 e. The molecule has 0 aliphatic heterocycles. The van der Waals surface area contributed by atoms with Crippen LogP contribution >= 0.6 is 0 Å². The number of alkyl halides is 1. The van der Waals surface area contributed by atoms with Crippen molar-refractivity contribution in [1.82, 2.24) is 0 Å². The lowest BCUT2D eigenvalue weighted by Gasteiger charge is -2.19. The van der Waals surface area contributed by atoms with Crippen LogP contribution in [0, 0.1) is 15.3 Å². The quantitative estimate of drug-likeness (QED) is 0.393. The number of hydrogen-bond donors (Lipinski definition) is 1. The molecule has 0 saturated carbocycles. The minimum atomic E-state index is -1.41. The fourth-order valence-corrected chi connectivity index (χ4v) is 1.68. The lowest BCUT2D eigenvalue weighted by atomic mass is 9.98. The highest BCUT2D eigenvalue weighted by Gasteiger charge is 2.23. The van der Waals surface area contributed by atoms with Crippen LogP contribution in [0.15, 0.2) is 42.4 Å². The molecule has 1 N–H and O–H groups in total. The molecule has 0 radical (unpaired) electrons. The molecule has 100 valence electrons. The molecule has 1 unspecified atom stereocenters. The van der Waals surface area contributed by atoms with E-state index < -0.39 is 10.6 Å². The van der Waals surface area contributed by atoms with Crippen LogP contribution in [0.4, 0.5) is 15.8 Å². The topological polar surface area (TPSA) is 82.1 Å². The number of nitrogens with zero attached hydrogens (tertiary/aromatic N) is 2. The Morgan fingerprint density at radius 3 is 2.89 bits per heavy atom. The number of halogens is 1. The third-order valence-corrected chi connectivity index (χ3v) is 2.72. The Balaban J connectivity index is 2.25. The van der Waals surface area contributed by atoms with E-state index in [9.17, 15) is 19.7 Å². The van der Waals surface area contributed by atoms with Gasteiger partial charge >= 0.3 is 5.69 Å². The zero-order chi connectivity index (χ0) is 14.0. The molecule has 1 aliphatic carbocycles. The summed E-state index contributed by atoms with van der Waals surface area (Å²) in [6.07, 6.45) is 6.74. The molecule has 2 rings (SSSR count). The van der Waals surface area contributed by atoms with Gasteiger partial charge in [0.25, 0.3) is 0 Å². The van der Waals surface area contributed by atoms with Crippen LogP contribution in [0.25, 0.3) is 0 Å². The summed E-state index contributed by atoms with van der Waals surface area (Å²) >= 11 is 0. The highest BCUT2D eigenvalue weighted by Crippen LogP contribution is 2.27. The number of allylic oxidation sites excluding steroid dienone is 3. The summed E-state index contributed by atoms with van der Waals surface area (Å²) in [7, 11) is 0. The second-order valence-electron chi connectivity index (χ2n) is 4.46. The second kappa shape index (κ2) is 4.68. The van der Waals surface area contributed by atoms with Crippen LogP contribution in [0.5, 0.6) is 0 Å². The van der Waals surface area contributed by atoms with Crippen molar-refractivity contribution in [1.29, 1.82) is 0 Å². The van der Waals surface area contributed by atoms with Gasteiger partial charge in [0.15, 0.2) is 11.9 Å². The van der Waals surface area contributed by atoms with Gasteiger partial charge in [0.2, 0.25) is 6.20 Å². The van der Waals surface area contributed by atoms with E-state index in [2.05, 4.69) is 5.32 Å². The summed E-state index contributed by atoms with van der Waals surface area (Å²) < 4.78 is 14.0. The minimum Gasteiger partial charge on any atom is -0.619 e. The summed E-state index contributed by atoms with van der Waals surface area (Å²) in [4.78, 5) is 10.2. The van der Waals surface area contributed by atoms with E-state index in [0.29, 0.717) is 10.4 Å². The first-order valence-corrected chi connectivity index (χ1v) is 5.60. The summed E-state index contributed by atoms with van der Waals surface area (Å²) in [6.45, 7) is 1.44. The van der Waals surface area contributed by atoms with Crippen molar-refractivity contribution < 1.29 is 14.0 Å². The number of anilines is 1. The van der Waals surface area contributed by atoms with Gasteiger partial charge in [0.05, 0.1) is 11.0 Å². The zero-order valence-corrected chi connectivity index (χ0v) is 10.2. The molecule has 0 aromatic carbocycles. The van der Waals surface area contributed by atoms with Crippen LogP contribution in [0.3, 0.4) is 0 Å². The molecule has 1 aromatic rings. The molecule has 19 heavy (non-hydrogen) atoms. The number of rotatable bonds is 3. The van der Waals surface area contributed by atoms with E-state index in [-0.39, 0.29) is 17.8 Å². The van der Waals surface area contributed by atoms with Crippen molar-refractivity contribution in [2.45, 2.75) is 19.0 Å². The van der Waals surface area contributed by atoms with Gasteiger partial charge in [-0.15, -0.1) is 0 Å². The van der Waals surface area contributed by atoms with Gasteiger partial charge in [-0.25, -0.2) is 4.39 Å². The van der Waals surface area contributed by atoms with E-state index in [1.165, 1.54) is 19.1 Å². The Morgan fingerprint density at radius 2 is 2.32 bits per heavy atom. The van der Waals surface area contributed by atoms with E-state index in [4.69, 9.17) is 0 Å². The highest BCUT2D eigenvalue weighted by atomic mass is 19.1. The number of nitrogens with one attached hydrogen (secondary N) is 1. The monoisotopic (exact) mass is 265 g/mol. The summed E-state index contributed by atoms with van der Waals surface area (Å²) in [6, 6.07) is 1.11. The number of hydrogen-bond acceptors (Lipinski definition) is 4. The Morgan fingerprint density at radius 1 is 1.58 bits per heavy atom. The molecule has 6 nitrogen and oxygen atoms in total. The number of aromatic nitrogens is 1. The van der Waals surface area contributed by atoms with Crippen LogP contribution in [-0.2, 0) is 0 Å². The van der Waals surface area contributed by atoms with Gasteiger partial charge in [-0.2, -0.15) is 4.73 Å². The van der Waals surface area contributed by atoms with E-state index in [1.807, 2.05) is 0 Å². The van der Waals surface area contributed by atoms with Crippen LogP contribution in [0.1, 0.15) is 13.3 Å². The highest BCUT2D eigenvalue weighted by molar-refractivity contribution is 5.62. The Hall–Kier alpha value is -2.44. The first-order valence-electron chi connectivity index (χ1n) is 5.60. The van der Waals surface area contributed by atoms with Crippen molar-refractivity contribution in [3.8, 4) is 0 Å². The molecule has 1 heterocycles. The summed E-state index contributed by atoms with van der Waals surface area (Å²) in [5, 5.41) is 24.8. The Labute approximate surface area is 108 Å². The van der Waals surface area contributed by atoms with Gasteiger partial charge in [0.1, 0.15) is 5.67 Å². The third-order valence-electron chi connectivity index (χ3n) is 2.72. The smallest absolute Gasteiger partial charge is 0.304 e. The molecule has 0 amide bonds. The Bertz CT molecular complexity index is 582. The summed E-state index contributed by atoms with van der Waals surface area (Å²) in [5.74, 6) is 0. The minimum absolute atomic E-state index is 0.0702. The summed E-state index contributed by atoms with van der Waals surface area (Å²) in [5.41, 5.74) is -1.04. The third kappa shape index (κ3) is 3.06. The molecule has 0 fully saturated rings. The lowest BCUT2D eigenvalue weighted by molar-refractivity contribution is -0.605. The van der Waals surface area contributed by atoms with Gasteiger partial charge < -0.3 is 10.5 Å². The van der Waals surface area contributed by atoms with E-state index >= 15 is 0 Å². The molecular formula is C12H12FN3O3. The zero-order valence-electron chi connectivity index (χ0n) is 10.2. The van der Waals surface area contributed by atoms with Crippen LogP contribution in [-0.4, -0.2) is 10.6 Å². The first kappa shape index (κ1) is 13.0. The average molecular weight is 265 g/mol. The Kier molecular flexibility index (Phi) is 3.20. The predicted molar refractivity (Wildman–Crippen MR) is 67.0 cm³/mol. The SMILES string of the molecule is CC1(F)C=CC(Nc2c[n+]([O-])ccc2[N+](=O)[O-])=CC1. The normalized spacial score (nSPS) is 21.9. The van der Waals surface area contributed by atoms with Gasteiger partial charge in [-0.3, -0.25) is 10.1 Å². The van der Waals surface area contributed by atoms with Gasteiger partial charge in [-0.05, 0) is 19.1 Å². The van der Waals surface area contributed by atoms with Crippen molar-refractivity contribution >= 4 is 11.4 Å². The molecule has 0 spiro atoms.